The number of urea groups is 1. The van der Waals surface area contributed by atoms with E-state index >= 15 is 0 Å². The minimum atomic E-state index is -0.363. The Kier molecular flexibility index (Phi) is 7.70. The van der Waals surface area contributed by atoms with Crippen LogP contribution in [0.5, 0.6) is 11.5 Å². The van der Waals surface area contributed by atoms with E-state index in [1.54, 1.807) is 12.1 Å². The quantitative estimate of drug-likeness (QED) is 0.555. The van der Waals surface area contributed by atoms with E-state index in [0.29, 0.717) is 24.7 Å². The summed E-state index contributed by atoms with van der Waals surface area (Å²) in [6.07, 6.45) is 3.81. The smallest absolute Gasteiger partial charge is 0.345 e. The zero-order valence-electron chi connectivity index (χ0n) is 16.2. The van der Waals surface area contributed by atoms with Gasteiger partial charge in [0.2, 0.25) is 0 Å². The summed E-state index contributed by atoms with van der Waals surface area (Å²) in [4.78, 5) is 16.6. The summed E-state index contributed by atoms with van der Waals surface area (Å²) in [5, 5.41) is 3.82. The molecule has 2 aromatic carbocycles. The first-order valence-corrected chi connectivity index (χ1v) is 8.66. The van der Waals surface area contributed by atoms with Gasteiger partial charge in [-0.1, -0.05) is 23.8 Å². The Bertz CT molecular complexity index is 790. The van der Waals surface area contributed by atoms with Gasteiger partial charge in [-0.05, 0) is 49.8 Å². The van der Waals surface area contributed by atoms with E-state index in [-0.39, 0.29) is 6.03 Å². The van der Waals surface area contributed by atoms with Gasteiger partial charge >= 0.3 is 6.03 Å². The van der Waals surface area contributed by atoms with Crippen molar-refractivity contribution in [1.29, 1.82) is 0 Å². The van der Waals surface area contributed by atoms with Gasteiger partial charge in [0.15, 0.2) is 0 Å². The average Bonchev–Trinajstić information content (AvgIpc) is 2.65. The molecule has 0 aliphatic rings. The highest BCUT2D eigenvalue weighted by Gasteiger charge is 2.07. The SMILES string of the molecule is CON(C)C(=O)Nc1cccc(OCC=CCOc2ccc(C)cc2C)c1. The molecule has 0 radical (unpaired) electrons. The molecule has 6 nitrogen and oxygen atoms in total. The number of amides is 2. The molecule has 0 unspecified atom stereocenters. The Morgan fingerprint density at radius 1 is 1.07 bits per heavy atom. The Balaban J connectivity index is 1.77. The first-order valence-electron chi connectivity index (χ1n) is 8.66. The molecule has 0 bridgehead atoms. The third-order valence-electron chi connectivity index (χ3n) is 3.82. The van der Waals surface area contributed by atoms with Crippen molar-refractivity contribution in [1.82, 2.24) is 5.06 Å². The molecule has 0 atom stereocenters. The largest absolute Gasteiger partial charge is 0.489 e. The number of hydrogen-bond donors (Lipinski definition) is 1. The van der Waals surface area contributed by atoms with Crippen LogP contribution in [0.15, 0.2) is 54.6 Å². The van der Waals surface area contributed by atoms with Gasteiger partial charge in [0.1, 0.15) is 24.7 Å². The highest BCUT2D eigenvalue weighted by atomic mass is 16.7. The number of hydroxylamine groups is 2. The van der Waals surface area contributed by atoms with Gasteiger partial charge < -0.3 is 14.8 Å². The molecular weight excluding hydrogens is 344 g/mol. The zero-order valence-corrected chi connectivity index (χ0v) is 16.2. The Hall–Kier alpha value is -2.99. The fourth-order valence-corrected chi connectivity index (χ4v) is 2.33. The van der Waals surface area contributed by atoms with E-state index in [9.17, 15) is 4.79 Å². The number of ether oxygens (including phenoxy) is 2. The number of carbonyl (C=O) groups is 1. The van der Waals surface area contributed by atoms with Crippen LogP contribution in [0, 0.1) is 13.8 Å². The van der Waals surface area contributed by atoms with Crippen LogP contribution < -0.4 is 14.8 Å². The van der Waals surface area contributed by atoms with E-state index in [0.717, 1.165) is 16.4 Å². The van der Waals surface area contributed by atoms with Crippen LogP contribution in [0.3, 0.4) is 0 Å². The number of rotatable bonds is 8. The van der Waals surface area contributed by atoms with Crippen molar-refractivity contribution < 1.29 is 19.1 Å². The van der Waals surface area contributed by atoms with Crippen LogP contribution in [-0.2, 0) is 4.84 Å². The summed E-state index contributed by atoms with van der Waals surface area (Å²) in [6, 6.07) is 12.9. The second kappa shape index (κ2) is 10.2. The van der Waals surface area contributed by atoms with Crippen molar-refractivity contribution in [2.75, 3.05) is 32.7 Å². The van der Waals surface area contributed by atoms with Crippen molar-refractivity contribution >= 4 is 11.7 Å². The minimum absolute atomic E-state index is 0.363. The third-order valence-corrected chi connectivity index (χ3v) is 3.82. The number of anilines is 1. The minimum Gasteiger partial charge on any atom is -0.489 e. The molecule has 2 aromatic rings. The van der Waals surface area contributed by atoms with Crippen molar-refractivity contribution in [3.8, 4) is 11.5 Å². The van der Waals surface area contributed by atoms with Gasteiger partial charge in [0.25, 0.3) is 0 Å². The molecule has 1 N–H and O–H groups in total. The molecule has 0 spiro atoms. The van der Waals surface area contributed by atoms with Crippen molar-refractivity contribution in [2.24, 2.45) is 0 Å². The van der Waals surface area contributed by atoms with Gasteiger partial charge in [-0.2, -0.15) is 0 Å². The second-order valence-electron chi connectivity index (χ2n) is 6.00. The fraction of sp³-hybridized carbons (Fsp3) is 0.286. The van der Waals surface area contributed by atoms with Gasteiger partial charge in [-0.25, -0.2) is 9.86 Å². The van der Waals surface area contributed by atoms with E-state index in [1.165, 1.54) is 19.7 Å². The summed E-state index contributed by atoms with van der Waals surface area (Å²) in [5.41, 5.74) is 2.97. The molecule has 2 amide bonds. The first-order chi connectivity index (χ1) is 13.0. The number of nitrogens with zero attached hydrogens (tertiary/aromatic N) is 1. The average molecular weight is 370 g/mol. The number of nitrogens with one attached hydrogen (secondary N) is 1. The molecule has 0 heterocycles. The van der Waals surface area contributed by atoms with Gasteiger partial charge in [0.05, 0.1) is 7.11 Å². The van der Waals surface area contributed by atoms with Crippen LogP contribution in [0.2, 0.25) is 0 Å². The van der Waals surface area contributed by atoms with Gasteiger partial charge in [0, 0.05) is 18.8 Å². The lowest BCUT2D eigenvalue weighted by molar-refractivity contribution is -0.0598. The third kappa shape index (κ3) is 6.67. The summed E-state index contributed by atoms with van der Waals surface area (Å²) in [6.45, 7) is 4.98. The number of hydrogen-bond acceptors (Lipinski definition) is 4. The monoisotopic (exact) mass is 370 g/mol. The fourth-order valence-electron chi connectivity index (χ4n) is 2.33. The van der Waals surface area contributed by atoms with Crippen LogP contribution in [-0.4, -0.2) is 38.5 Å². The summed E-state index contributed by atoms with van der Waals surface area (Å²) >= 11 is 0. The lowest BCUT2D eigenvalue weighted by Gasteiger charge is -2.15. The Labute approximate surface area is 160 Å². The van der Waals surface area contributed by atoms with Crippen molar-refractivity contribution in [2.45, 2.75) is 13.8 Å². The molecule has 144 valence electrons. The maximum atomic E-state index is 11.8. The molecule has 6 heteroatoms. The molecule has 2 rings (SSSR count). The molecule has 0 aliphatic carbocycles. The Morgan fingerprint density at radius 2 is 1.81 bits per heavy atom. The van der Waals surface area contributed by atoms with Gasteiger partial charge in [-0.3, -0.25) is 4.84 Å². The number of carbonyl (C=O) groups excluding carboxylic acids is 1. The highest BCUT2D eigenvalue weighted by molar-refractivity contribution is 5.88. The topological polar surface area (TPSA) is 60.0 Å². The first kappa shape index (κ1) is 20.3. The lowest BCUT2D eigenvalue weighted by atomic mass is 10.1. The normalized spacial score (nSPS) is 10.7. The number of benzene rings is 2. The van der Waals surface area contributed by atoms with E-state index in [1.807, 2.05) is 43.3 Å². The highest BCUT2D eigenvalue weighted by Crippen LogP contribution is 2.19. The van der Waals surface area contributed by atoms with E-state index < -0.39 is 0 Å². The molecule has 0 aromatic heterocycles. The standard InChI is InChI=1S/C21H26N2O4/c1-16-10-11-20(17(2)14-16)27-13-6-5-12-26-19-9-7-8-18(15-19)22-21(24)23(3)25-4/h5-11,14-15H,12-13H2,1-4H3,(H,22,24). The molecular formula is C21H26N2O4. The maximum absolute atomic E-state index is 11.8. The van der Waals surface area contributed by atoms with Crippen molar-refractivity contribution in [3.63, 3.8) is 0 Å². The summed E-state index contributed by atoms with van der Waals surface area (Å²) < 4.78 is 11.4. The maximum Gasteiger partial charge on any atom is 0.345 e. The lowest BCUT2D eigenvalue weighted by Crippen LogP contribution is -2.30. The Morgan fingerprint density at radius 3 is 2.52 bits per heavy atom. The predicted molar refractivity (Wildman–Crippen MR) is 106 cm³/mol. The zero-order chi connectivity index (χ0) is 19.6. The summed E-state index contributed by atoms with van der Waals surface area (Å²) in [5.74, 6) is 1.54. The number of aryl methyl sites for hydroxylation is 2. The molecule has 0 aliphatic heterocycles. The molecule has 0 saturated carbocycles. The second-order valence-corrected chi connectivity index (χ2v) is 6.00. The van der Waals surface area contributed by atoms with Crippen molar-refractivity contribution in [3.05, 3.63) is 65.7 Å². The molecule has 0 fully saturated rings. The predicted octanol–water partition coefficient (Wildman–Crippen LogP) is 4.34. The molecule has 0 saturated heterocycles. The van der Waals surface area contributed by atoms with E-state index in [2.05, 4.69) is 18.3 Å². The van der Waals surface area contributed by atoms with E-state index in [4.69, 9.17) is 14.3 Å². The van der Waals surface area contributed by atoms with Crippen LogP contribution in [0.25, 0.3) is 0 Å². The van der Waals surface area contributed by atoms with Crippen LogP contribution in [0.1, 0.15) is 11.1 Å². The molecule has 27 heavy (non-hydrogen) atoms. The van der Waals surface area contributed by atoms with Gasteiger partial charge in [-0.15, -0.1) is 0 Å². The van der Waals surface area contributed by atoms with Crippen LogP contribution in [0.4, 0.5) is 10.5 Å². The van der Waals surface area contributed by atoms with Crippen LogP contribution >= 0.6 is 0 Å². The summed E-state index contributed by atoms with van der Waals surface area (Å²) in [7, 11) is 2.95.